The molecule has 0 aliphatic rings. The second kappa shape index (κ2) is 8.71. The van der Waals surface area contributed by atoms with Gasteiger partial charge in [-0.1, -0.05) is 24.3 Å². The van der Waals surface area contributed by atoms with Crippen LogP contribution in [0.25, 0.3) is 27.5 Å². The predicted molar refractivity (Wildman–Crippen MR) is 123 cm³/mol. The van der Waals surface area contributed by atoms with E-state index in [4.69, 9.17) is 0 Å². The fourth-order valence-electron chi connectivity index (χ4n) is 3.70. The van der Waals surface area contributed by atoms with Crippen LogP contribution in [0.2, 0.25) is 0 Å². The Bertz CT molecular complexity index is 1540. The highest BCUT2D eigenvalue weighted by molar-refractivity contribution is 6.06. The van der Waals surface area contributed by atoms with Crippen molar-refractivity contribution in [2.45, 2.75) is 6.36 Å². The van der Waals surface area contributed by atoms with Gasteiger partial charge in [0.1, 0.15) is 17.8 Å². The molecule has 0 atom stereocenters. The maximum Gasteiger partial charge on any atom is 0.573 e. The van der Waals surface area contributed by atoms with Crippen LogP contribution in [0.4, 0.5) is 27.6 Å². The molecule has 0 bridgehead atoms. The number of nitrogens with one attached hydrogen (secondary N) is 1. The number of rotatable bonds is 5. The van der Waals surface area contributed by atoms with Gasteiger partial charge in [-0.2, -0.15) is 5.10 Å². The number of aromatic nitrogens is 2. The molecule has 1 N–H and O–H groups in total. The third-order valence-electron chi connectivity index (χ3n) is 5.26. The number of para-hydroxylation sites is 1. The largest absolute Gasteiger partial charge is 0.573 e. The zero-order chi connectivity index (χ0) is 24.6. The molecule has 0 spiro atoms. The predicted octanol–water partition coefficient (Wildman–Crippen LogP) is 6.80. The molecule has 0 radical (unpaired) electrons. The van der Waals surface area contributed by atoms with E-state index in [0.29, 0.717) is 16.8 Å². The Morgan fingerprint density at radius 2 is 1.66 bits per heavy atom. The van der Waals surface area contributed by atoms with Gasteiger partial charge in [0, 0.05) is 11.1 Å². The van der Waals surface area contributed by atoms with Crippen molar-refractivity contribution in [3.05, 3.63) is 96.3 Å². The summed E-state index contributed by atoms with van der Waals surface area (Å²) in [5.41, 5.74) is 4.82. The second-order valence-electron chi connectivity index (χ2n) is 7.54. The van der Waals surface area contributed by atoms with Crippen LogP contribution in [-0.2, 0) is 0 Å². The molecular weight excluding hydrogens is 467 g/mol. The summed E-state index contributed by atoms with van der Waals surface area (Å²) in [4.78, 5) is 4.48. The lowest BCUT2D eigenvalue weighted by atomic mass is 10.1. The van der Waals surface area contributed by atoms with E-state index < -0.39 is 18.0 Å². The summed E-state index contributed by atoms with van der Waals surface area (Å²) in [6.07, 6.45) is -1.72. The lowest BCUT2D eigenvalue weighted by molar-refractivity contribution is -0.274. The average Bonchev–Trinajstić information content (AvgIpc) is 3.25. The van der Waals surface area contributed by atoms with Gasteiger partial charge in [0.15, 0.2) is 11.6 Å². The van der Waals surface area contributed by atoms with Gasteiger partial charge < -0.3 is 4.74 Å². The monoisotopic (exact) mass is 482 g/mol. The van der Waals surface area contributed by atoms with E-state index in [9.17, 15) is 22.0 Å². The molecule has 35 heavy (non-hydrogen) atoms. The molecule has 5 rings (SSSR count). The van der Waals surface area contributed by atoms with Crippen LogP contribution in [0.3, 0.4) is 0 Å². The fraction of sp³-hybridized carbons (Fsp3) is 0.0400. The van der Waals surface area contributed by atoms with Gasteiger partial charge in [0.2, 0.25) is 0 Å². The standard InChI is InChI=1S/C25H15F5N4O/c26-20-2-1-3-21(27)24(20)33-32-13-15-4-10-19-16(12-15)5-11-22-23(19)31-14-34(22)17-6-8-18(9-7-17)35-25(28,29)30/h1-14,33H/b32-13+. The molecule has 5 aromatic rings. The number of alkyl halides is 3. The van der Waals surface area contributed by atoms with Crippen molar-refractivity contribution in [3.8, 4) is 11.4 Å². The zero-order valence-electron chi connectivity index (χ0n) is 17.7. The minimum absolute atomic E-state index is 0.308. The Balaban J connectivity index is 1.41. The number of fused-ring (bicyclic) bond motifs is 3. The Morgan fingerprint density at radius 1 is 0.914 bits per heavy atom. The maximum atomic E-state index is 13.7. The van der Waals surface area contributed by atoms with Gasteiger partial charge in [-0.05, 0) is 59.5 Å². The third-order valence-corrected chi connectivity index (χ3v) is 5.26. The first-order chi connectivity index (χ1) is 16.8. The summed E-state index contributed by atoms with van der Waals surface area (Å²) in [5.74, 6) is -1.81. The van der Waals surface area contributed by atoms with Crippen molar-refractivity contribution >= 4 is 33.7 Å². The molecule has 0 aliphatic heterocycles. The summed E-state index contributed by atoms with van der Waals surface area (Å²) >= 11 is 0. The maximum absolute atomic E-state index is 13.7. The van der Waals surface area contributed by atoms with E-state index >= 15 is 0 Å². The lowest BCUT2D eigenvalue weighted by Crippen LogP contribution is -2.17. The molecule has 10 heteroatoms. The molecule has 0 fully saturated rings. The smallest absolute Gasteiger partial charge is 0.406 e. The van der Waals surface area contributed by atoms with E-state index in [1.807, 2.05) is 24.3 Å². The quantitative estimate of drug-likeness (QED) is 0.170. The number of benzene rings is 4. The zero-order valence-corrected chi connectivity index (χ0v) is 17.7. The number of anilines is 1. The van der Waals surface area contributed by atoms with Crippen molar-refractivity contribution in [3.63, 3.8) is 0 Å². The van der Waals surface area contributed by atoms with Crippen LogP contribution in [0.1, 0.15) is 5.56 Å². The molecule has 1 heterocycles. The van der Waals surface area contributed by atoms with Crippen molar-refractivity contribution in [2.75, 3.05) is 5.43 Å². The topological polar surface area (TPSA) is 51.4 Å². The number of hydrogen-bond acceptors (Lipinski definition) is 4. The number of imidazole rings is 1. The molecule has 1 aromatic heterocycles. The van der Waals surface area contributed by atoms with Crippen LogP contribution in [0.5, 0.6) is 5.75 Å². The molecular formula is C25H15F5N4O. The summed E-state index contributed by atoms with van der Waals surface area (Å²) in [5, 5.41) is 5.63. The number of hydrazone groups is 1. The molecule has 0 aliphatic carbocycles. The van der Waals surface area contributed by atoms with Crippen molar-refractivity contribution in [1.82, 2.24) is 9.55 Å². The molecule has 0 amide bonds. The number of hydrogen-bond donors (Lipinski definition) is 1. The van der Waals surface area contributed by atoms with E-state index in [1.54, 1.807) is 17.0 Å². The first kappa shape index (κ1) is 22.3. The van der Waals surface area contributed by atoms with Crippen LogP contribution >= 0.6 is 0 Å². The van der Waals surface area contributed by atoms with Gasteiger partial charge in [-0.25, -0.2) is 13.8 Å². The normalized spacial score (nSPS) is 12.0. The number of nitrogens with zero attached hydrogens (tertiary/aromatic N) is 3. The van der Waals surface area contributed by atoms with Gasteiger partial charge in [0.05, 0.1) is 17.2 Å². The Hall–Kier alpha value is -4.47. The highest BCUT2D eigenvalue weighted by atomic mass is 19.4. The SMILES string of the molecule is Fc1cccc(F)c1N/N=C/c1ccc2c(ccc3c2ncn3-c2ccc(OC(F)(F)F)cc2)c1. The van der Waals surface area contributed by atoms with Crippen LogP contribution in [0, 0.1) is 11.6 Å². The highest BCUT2D eigenvalue weighted by Gasteiger charge is 2.31. The molecule has 0 unspecified atom stereocenters. The van der Waals surface area contributed by atoms with E-state index in [0.717, 1.165) is 28.4 Å². The van der Waals surface area contributed by atoms with Crippen LogP contribution in [-0.4, -0.2) is 22.1 Å². The van der Waals surface area contributed by atoms with Crippen LogP contribution in [0.15, 0.2) is 84.2 Å². The summed E-state index contributed by atoms with van der Waals surface area (Å²) < 4.78 is 70.3. The third kappa shape index (κ3) is 4.63. The summed E-state index contributed by atoms with van der Waals surface area (Å²) in [7, 11) is 0. The van der Waals surface area contributed by atoms with Gasteiger partial charge in [-0.3, -0.25) is 9.99 Å². The Kier molecular flexibility index (Phi) is 5.56. The van der Waals surface area contributed by atoms with Gasteiger partial charge in [0.25, 0.3) is 0 Å². The van der Waals surface area contributed by atoms with Crippen LogP contribution < -0.4 is 10.2 Å². The highest BCUT2D eigenvalue weighted by Crippen LogP contribution is 2.29. The first-order valence-corrected chi connectivity index (χ1v) is 10.3. The molecule has 0 saturated carbocycles. The molecule has 5 nitrogen and oxygen atoms in total. The number of halogens is 5. The molecule has 4 aromatic carbocycles. The summed E-state index contributed by atoms with van der Waals surface area (Å²) in [6.45, 7) is 0. The van der Waals surface area contributed by atoms with Crippen molar-refractivity contribution in [2.24, 2.45) is 5.10 Å². The van der Waals surface area contributed by atoms with Crippen molar-refractivity contribution < 1.29 is 26.7 Å². The number of ether oxygens (including phenoxy) is 1. The molecule has 176 valence electrons. The van der Waals surface area contributed by atoms with E-state index in [1.165, 1.54) is 36.5 Å². The first-order valence-electron chi connectivity index (χ1n) is 10.3. The Morgan fingerprint density at radius 3 is 2.37 bits per heavy atom. The van der Waals surface area contributed by atoms with E-state index in [2.05, 4.69) is 20.2 Å². The Labute approximate surface area is 195 Å². The van der Waals surface area contributed by atoms with Gasteiger partial charge >= 0.3 is 6.36 Å². The fourth-order valence-corrected chi connectivity index (χ4v) is 3.70. The second-order valence-corrected chi connectivity index (χ2v) is 7.54. The minimum atomic E-state index is -4.75. The lowest BCUT2D eigenvalue weighted by Gasteiger charge is -2.10. The van der Waals surface area contributed by atoms with Gasteiger partial charge in [-0.15, -0.1) is 13.2 Å². The molecule has 0 saturated heterocycles. The van der Waals surface area contributed by atoms with Crippen molar-refractivity contribution in [1.29, 1.82) is 0 Å². The summed E-state index contributed by atoms with van der Waals surface area (Å²) in [6, 6.07) is 18.2. The van der Waals surface area contributed by atoms with E-state index in [-0.39, 0.29) is 11.4 Å². The average molecular weight is 482 g/mol. The minimum Gasteiger partial charge on any atom is -0.406 e.